The molecule has 1 fully saturated rings. The van der Waals surface area contributed by atoms with Crippen molar-refractivity contribution < 1.29 is 19.8 Å². The van der Waals surface area contributed by atoms with E-state index in [0.29, 0.717) is 38.3 Å². The molecule has 6 nitrogen and oxygen atoms in total. The van der Waals surface area contributed by atoms with E-state index in [4.69, 9.17) is 5.11 Å². The molecule has 1 aliphatic rings. The lowest BCUT2D eigenvalue weighted by Crippen LogP contribution is -2.49. The molecular weight excluding hydrogens is 272 g/mol. The Hall–Kier alpha value is -2.08. The second kappa shape index (κ2) is 6.58. The Balaban J connectivity index is 1.92. The molecule has 1 aromatic carbocycles. The second-order valence-corrected chi connectivity index (χ2v) is 5.28. The number of rotatable bonds is 4. The zero-order valence-electron chi connectivity index (χ0n) is 12.1. The minimum absolute atomic E-state index is 0.0367. The van der Waals surface area contributed by atoms with Gasteiger partial charge in [0.2, 0.25) is 0 Å². The number of piperazine rings is 1. The smallest absolute Gasteiger partial charge is 0.304 e. The van der Waals surface area contributed by atoms with E-state index in [9.17, 15) is 14.7 Å². The van der Waals surface area contributed by atoms with Gasteiger partial charge in [0.25, 0.3) is 5.91 Å². The number of carbonyl (C=O) groups excluding carboxylic acids is 1. The minimum atomic E-state index is -0.798. The number of aryl methyl sites for hydroxylation is 1. The molecule has 1 saturated heterocycles. The van der Waals surface area contributed by atoms with E-state index >= 15 is 0 Å². The van der Waals surface area contributed by atoms with Crippen molar-refractivity contribution in [3.05, 3.63) is 29.3 Å². The van der Waals surface area contributed by atoms with Crippen LogP contribution < -0.4 is 0 Å². The highest BCUT2D eigenvalue weighted by molar-refractivity contribution is 5.95. The van der Waals surface area contributed by atoms with E-state index in [0.717, 1.165) is 5.56 Å². The molecule has 2 N–H and O–H groups in total. The van der Waals surface area contributed by atoms with E-state index in [2.05, 4.69) is 4.90 Å². The monoisotopic (exact) mass is 292 g/mol. The van der Waals surface area contributed by atoms with E-state index in [1.807, 2.05) is 0 Å². The summed E-state index contributed by atoms with van der Waals surface area (Å²) >= 11 is 0. The third kappa shape index (κ3) is 3.95. The van der Waals surface area contributed by atoms with Crippen LogP contribution in [0.5, 0.6) is 5.75 Å². The maximum Gasteiger partial charge on any atom is 0.304 e. The summed E-state index contributed by atoms with van der Waals surface area (Å²) < 4.78 is 0. The van der Waals surface area contributed by atoms with Crippen LogP contribution in [0.1, 0.15) is 22.3 Å². The number of hydrogen-bond acceptors (Lipinski definition) is 4. The first-order valence-corrected chi connectivity index (χ1v) is 7.00. The summed E-state index contributed by atoms with van der Waals surface area (Å²) in [5.41, 5.74) is 1.36. The highest BCUT2D eigenvalue weighted by Crippen LogP contribution is 2.18. The second-order valence-electron chi connectivity index (χ2n) is 5.28. The zero-order valence-corrected chi connectivity index (χ0v) is 12.1. The van der Waals surface area contributed by atoms with E-state index in [1.165, 1.54) is 6.07 Å². The number of carbonyl (C=O) groups is 2. The van der Waals surface area contributed by atoms with Gasteiger partial charge in [0.15, 0.2) is 0 Å². The molecule has 21 heavy (non-hydrogen) atoms. The van der Waals surface area contributed by atoms with Gasteiger partial charge in [-0.25, -0.2) is 0 Å². The molecular formula is C15H20N2O4. The van der Waals surface area contributed by atoms with Gasteiger partial charge in [0.1, 0.15) is 5.75 Å². The Morgan fingerprint density at radius 1 is 1.19 bits per heavy atom. The normalized spacial score (nSPS) is 16.0. The molecule has 0 aliphatic carbocycles. The van der Waals surface area contributed by atoms with Crippen molar-refractivity contribution in [1.29, 1.82) is 0 Å². The molecule has 0 aromatic heterocycles. The molecule has 0 atom stereocenters. The van der Waals surface area contributed by atoms with E-state index < -0.39 is 5.97 Å². The summed E-state index contributed by atoms with van der Waals surface area (Å²) in [6.45, 7) is 4.90. The van der Waals surface area contributed by atoms with Crippen molar-refractivity contribution in [2.75, 3.05) is 32.7 Å². The summed E-state index contributed by atoms with van der Waals surface area (Å²) in [5.74, 6) is -0.679. The van der Waals surface area contributed by atoms with E-state index in [-0.39, 0.29) is 18.1 Å². The minimum Gasteiger partial charge on any atom is -0.508 e. The number of hydrogen-bond donors (Lipinski definition) is 2. The van der Waals surface area contributed by atoms with Gasteiger partial charge in [0.05, 0.1) is 6.42 Å². The predicted molar refractivity (Wildman–Crippen MR) is 77.4 cm³/mol. The molecule has 6 heteroatoms. The summed E-state index contributed by atoms with van der Waals surface area (Å²) in [5, 5.41) is 18.1. The Labute approximate surface area is 123 Å². The van der Waals surface area contributed by atoms with Gasteiger partial charge in [-0.3, -0.25) is 14.5 Å². The Morgan fingerprint density at radius 3 is 2.43 bits per heavy atom. The van der Waals surface area contributed by atoms with Crippen LogP contribution >= 0.6 is 0 Å². The van der Waals surface area contributed by atoms with Crippen molar-refractivity contribution in [2.45, 2.75) is 13.3 Å². The third-order valence-electron chi connectivity index (χ3n) is 3.74. The number of aliphatic carboxylic acids is 1. The molecule has 0 spiro atoms. The highest BCUT2D eigenvalue weighted by atomic mass is 16.4. The number of nitrogens with zero attached hydrogens (tertiary/aromatic N) is 2. The molecule has 1 aromatic rings. The summed E-state index contributed by atoms with van der Waals surface area (Å²) in [6, 6.07) is 4.74. The number of benzene rings is 1. The molecule has 1 aliphatic heterocycles. The Morgan fingerprint density at radius 2 is 1.86 bits per heavy atom. The molecule has 1 heterocycles. The van der Waals surface area contributed by atoms with Gasteiger partial charge < -0.3 is 15.1 Å². The Bertz CT molecular complexity index is 536. The lowest BCUT2D eigenvalue weighted by molar-refractivity contribution is -0.137. The molecule has 0 bridgehead atoms. The predicted octanol–water partition coefficient (Wildman–Crippen LogP) is 0.933. The molecule has 1 amide bonds. The lowest BCUT2D eigenvalue weighted by Gasteiger charge is -2.34. The fraction of sp³-hybridized carbons (Fsp3) is 0.467. The largest absolute Gasteiger partial charge is 0.508 e. The highest BCUT2D eigenvalue weighted by Gasteiger charge is 2.23. The van der Waals surface area contributed by atoms with Crippen LogP contribution in [-0.4, -0.2) is 64.6 Å². The van der Waals surface area contributed by atoms with Crippen LogP contribution in [0.3, 0.4) is 0 Å². The van der Waals surface area contributed by atoms with Crippen molar-refractivity contribution in [3.8, 4) is 5.75 Å². The first-order valence-electron chi connectivity index (χ1n) is 7.00. The fourth-order valence-corrected chi connectivity index (χ4v) is 2.49. The average molecular weight is 292 g/mol. The lowest BCUT2D eigenvalue weighted by atomic mass is 10.1. The van der Waals surface area contributed by atoms with Crippen molar-refractivity contribution in [1.82, 2.24) is 9.80 Å². The van der Waals surface area contributed by atoms with Gasteiger partial charge in [0, 0.05) is 38.3 Å². The van der Waals surface area contributed by atoms with E-state index in [1.54, 1.807) is 24.0 Å². The van der Waals surface area contributed by atoms with Crippen LogP contribution in [0.2, 0.25) is 0 Å². The van der Waals surface area contributed by atoms with Crippen LogP contribution in [0.15, 0.2) is 18.2 Å². The first kappa shape index (κ1) is 15.3. The van der Waals surface area contributed by atoms with Crippen LogP contribution in [-0.2, 0) is 4.79 Å². The number of carboxylic acid groups (broad SMARTS) is 1. The standard InChI is InChI=1S/C15H20N2O4/c1-11-10-12(18)2-3-13(11)15(21)17-8-6-16(7-9-17)5-4-14(19)20/h2-3,10,18H,4-9H2,1H3,(H,19,20). The summed E-state index contributed by atoms with van der Waals surface area (Å²) in [4.78, 5) is 26.8. The maximum atomic E-state index is 12.4. The SMILES string of the molecule is Cc1cc(O)ccc1C(=O)N1CCN(CCC(=O)O)CC1. The van der Waals surface area contributed by atoms with Gasteiger partial charge in [-0.05, 0) is 30.7 Å². The van der Waals surface area contributed by atoms with Crippen molar-refractivity contribution in [2.24, 2.45) is 0 Å². The molecule has 0 saturated carbocycles. The first-order chi connectivity index (χ1) is 9.97. The van der Waals surface area contributed by atoms with Gasteiger partial charge in [-0.1, -0.05) is 0 Å². The summed E-state index contributed by atoms with van der Waals surface area (Å²) in [6.07, 6.45) is 0.130. The van der Waals surface area contributed by atoms with Gasteiger partial charge >= 0.3 is 5.97 Å². The van der Waals surface area contributed by atoms with Gasteiger partial charge in [-0.2, -0.15) is 0 Å². The van der Waals surface area contributed by atoms with Crippen LogP contribution in [0, 0.1) is 6.92 Å². The van der Waals surface area contributed by atoms with Crippen LogP contribution in [0.4, 0.5) is 0 Å². The fourth-order valence-electron chi connectivity index (χ4n) is 2.49. The number of phenols is 1. The average Bonchev–Trinajstić information content (AvgIpc) is 2.45. The number of carboxylic acids is 1. The zero-order chi connectivity index (χ0) is 15.4. The topological polar surface area (TPSA) is 81.1 Å². The molecule has 114 valence electrons. The molecule has 0 unspecified atom stereocenters. The van der Waals surface area contributed by atoms with Crippen molar-refractivity contribution in [3.63, 3.8) is 0 Å². The van der Waals surface area contributed by atoms with Crippen molar-refractivity contribution >= 4 is 11.9 Å². The van der Waals surface area contributed by atoms with Crippen LogP contribution in [0.25, 0.3) is 0 Å². The quantitative estimate of drug-likeness (QED) is 0.863. The molecule has 2 rings (SSSR count). The maximum absolute atomic E-state index is 12.4. The molecule has 0 radical (unpaired) electrons. The third-order valence-corrected chi connectivity index (χ3v) is 3.74. The number of amides is 1. The summed E-state index contributed by atoms with van der Waals surface area (Å²) in [7, 11) is 0. The number of aromatic hydroxyl groups is 1. The van der Waals surface area contributed by atoms with Gasteiger partial charge in [-0.15, -0.1) is 0 Å². The Kier molecular flexibility index (Phi) is 4.80. The number of phenolic OH excluding ortho intramolecular Hbond substituents is 1.